The molecule has 0 amide bonds. The van der Waals surface area contributed by atoms with Gasteiger partial charge in [-0.05, 0) is 43.1 Å². The summed E-state index contributed by atoms with van der Waals surface area (Å²) < 4.78 is 0. The van der Waals surface area contributed by atoms with Crippen molar-refractivity contribution in [2.45, 2.75) is 27.3 Å². The molecular formula is C17H20ClN. The van der Waals surface area contributed by atoms with E-state index in [0.717, 1.165) is 23.7 Å². The highest BCUT2D eigenvalue weighted by Gasteiger charge is 2.07. The van der Waals surface area contributed by atoms with Gasteiger partial charge in [0.15, 0.2) is 0 Å². The molecular weight excluding hydrogens is 254 g/mol. The molecule has 0 heterocycles. The van der Waals surface area contributed by atoms with Crippen LogP contribution in [0.2, 0.25) is 5.02 Å². The summed E-state index contributed by atoms with van der Waals surface area (Å²) in [7, 11) is 0. The molecule has 0 radical (unpaired) electrons. The number of hydrogen-bond donors (Lipinski definition) is 1. The molecule has 1 nitrogen and oxygen atoms in total. The summed E-state index contributed by atoms with van der Waals surface area (Å²) in [5.74, 6) is 0. The van der Waals surface area contributed by atoms with Crippen molar-refractivity contribution in [3.63, 3.8) is 0 Å². The van der Waals surface area contributed by atoms with Crippen molar-refractivity contribution < 1.29 is 0 Å². The number of halogens is 1. The van der Waals surface area contributed by atoms with Crippen molar-refractivity contribution in [2.75, 3.05) is 6.54 Å². The smallest absolute Gasteiger partial charge is 0.0487 e. The van der Waals surface area contributed by atoms with Crippen LogP contribution in [-0.2, 0) is 6.54 Å². The predicted octanol–water partition coefficient (Wildman–Crippen LogP) is 4.73. The topological polar surface area (TPSA) is 12.0 Å². The summed E-state index contributed by atoms with van der Waals surface area (Å²) in [5, 5.41) is 4.14. The minimum absolute atomic E-state index is 0.823. The van der Waals surface area contributed by atoms with Gasteiger partial charge < -0.3 is 5.32 Å². The first-order chi connectivity index (χ1) is 9.11. The molecule has 0 saturated heterocycles. The van der Waals surface area contributed by atoms with E-state index in [1.165, 1.54) is 22.3 Å². The lowest BCUT2D eigenvalue weighted by atomic mass is 9.97. The van der Waals surface area contributed by atoms with Crippen molar-refractivity contribution in [3.05, 3.63) is 58.1 Å². The van der Waals surface area contributed by atoms with Crippen LogP contribution in [0.1, 0.15) is 23.6 Å². The summed E-state index contributed by atoms with van der Waals surface area (Å²) >= 11 is 6.44. The molecule has 0 aliphatic heterocycles. The van der Waals surface area contributed by atoms with Crippen LogP contribution in [0.5, 0.6) is 0 Å². The van der Waals surface area contributed by atoms with Crippen LogP contribution in [-0.4, -0.2) is 6.54 Å². The Balaban J connectivity index is 2.37. The number of benzene rings is 2. The van der Waals surface area contributed by atoms with Gasteiger partial charge in [0.1, 0.15) is 0 Å². The zero-order valence-corrected chi connectivity index (χ0v) is 12.5. The van der Waals surface area contributed by atoms with Gasteiger partial charge in [-0.2, -0.15) is 0 Å². The highest BCUT2D eigenvalue weighted by molar-refractivity contribution is 6.33. The van der Waals surface area contributed by atoms with Crippen LogP contribution in [0.3, 0.4) is 0 Å². The fourth-order valence-electron chi connectivity index (χ4n) is 2.18. The van der Waals surface area contributed by atoms with Crippen LogP contribution < -0.4 is 5.32 Å². The van der Waals surface area contributed by atoms with Crippen LogP contribution in [0.15, 0.2) is 36.4 Å². The molecule has 0 aromatic heterocycles. The highest BCUT2D eigenvalue weighted by Crippen LogP contribution is 2.31. The van der Waals surface area contributed by atoms with Gasteiger partial charge in [-0.3, -0.25) is 0 Å². The predicted molar refractivity (Wildman–Crippen MR) is 83.7 cm³/mol. The molecule has 2 aromatic rings. The van der Waals surface area contributed by atoms with E-state index in [2.05, 4.69) is 62.5 Å². The van der Waals surface area contributed by atoms with E-state index in [-0.39, 0.29) is 0 Å². The lowest BCUT2D eigenvalue weighted by molar-refractivity contribution is 0.727. The number of aryl methyl sites for hydroxylation is 2. The molecule has 0 unspecified atom stereocenters. The van der Waals surface area contributed by atoms with Crippen molar-refractivity contribution in [2.24, 2.45) is 0 Å². The Bertz CT molecular complexity index is 575. The second kappa shape index (κ2) is 6.23. The molecule has 0 aliphatic rings. The Kier molecular flexibility index (Phi) is 4.62. The molecule has 19 heavy (non-hydrogen) atoms. The minimum atomic E-state index is 0.823. The third-order valence-corrected chi connectivity index (χ3v) is 3.61. The van der Waals surface area contributed by atoms with Gasteiger partial charge in [0.2, 0.25) is 0 Å². The molecule has 0 saturated carbocycles. The summed E-state index contributed by atoms with van der Waals surface area (Å²) in [6.45, 7) is 8.17. The Morgan fingerprint density at radius 1 is 1.00 bits per heavy atom. The van der Waals surface area contributed by atoms with E-state index < -0.39 is 0 Å². The fourth-order valence-corrected chi connectivity index (χ4v) is 2.49. The van der Waals surface area contributed by atoms with E-state index in [4.69, 9.17) is 11.6 Å². The minimum Gasteiger partial charge on any atom is -0.313 e. The first-order valence-corrected chi connectivity index (χ1v) is 7.06. The second-order valence-electron chi connectivity index (χ2n) is 4.91. The molecule has 2 rings (SSSR count). The van der Waals surface area contributed by atoms with Gasteiger partial charge in [0.25, 0.3) is 0 Å². The maximum Gasteiger partial charge on any atom is 0.0487 e. The molecule has 0 aliphatic carbocycles. The lowest BCUT2D eigenvalue weighted by Gasteiger charge is -2.11. The Morgan fingerprint density at radius 2 is 1.79 bits per heavy atom. The summed E-state index contributed by atoms with van der Waals surface area (Å²) in [6.07, 6.45) is 0. The molecule has 100 valence electrons. The number of nitrogens with one attached hydrogen (secondary N) is 1. The fraction of sp³-hybridized carbons (Fsp3) is 0.294. The lowest BCUT2D eigenvalue weighted by Crippen LogP contribution is -2.11. The first kappa shape index (κ1) is 14.1. The highest BCUT2D eigenvalue weighted by atomic mass is 35.5. The quantitative estimate of drug-likeness (QED) is 0.849. The van der Waals surface area contributed by atoms with Gasteiger partial charge in [-0.1, -0.05) is 54.4 Å². The molecule has 0 spiro atoms. The molecule has 1 N–H and O–H groups in total. The van der Waals surface area contributed by atoms with Gasteiger partial charge in [0.05, 0.1) is 0 Å². The van der Waals surface area contributed by atoms with Gasteiger partial charge in [-0.15, -0.1) is 0 Å². The second-order valence-corrected chi connectivity index (χ2v) is 5.32. The summed E-state index contributed by atoms with van der Waals surface area (Å²) in [5.41, 5.74) is 6.07. The SMILES string of the molecule is CCNCc1ccc(-c2cc(C)ccc2C)c(Cl)c1. The van der Waals surface area contributed by atoms with Crippen molar-refractivity contribution in [1.29, 1.82) is 0 Å². The van der Waals surface area contributed by atoms with Gasteiger partial charge in [0, 0.05) is 17.1 Å². The van der Waals surface area contributed by atoms with E-state index in [9.17, 15) is 0 Å². The number of rotatable bonds is 4. The molecule has 0 atom stereocenters. The molecule has 0 bridgehead atoms. The van der Waals surface area contributed by atoms with Crippen LogP contribution in [0.4, 0.5) is 0 Å². The third kappa shape index (κ3) is 3.37. The standard InChI is InChI=1S/C17H20ClN/c1-4-19-11-14-7-8-15(17(18)10-14)16-9-12(2)5-6-13(16)3/h5-10,19H,4,11H2,1-3H3. The zero-order valence-electron chi connectivity index (χ0n) is 11.8. The van der Waals surface area contributed by atoms with Crippen LogP contribution >= 0.6 is 11.6 Å². The van der Waals surface area contributed by atoms with Gasteiger partial charge in [-0.25, -0.2) is 0 Å². The first-order valence-electron chi connectivity index (χ1n) is 6.68. The van der Waals surface area contributed by atoms with E-state index in [0.29, 0.717) is 0 Å². The van der Waals surface area contributed by atoms with E-state index >= 15 is 0 Å². The molecule has 2 aromatic carbocycles. The normalized spacial score (nSPS) is 10.7. The molecule has 0 fully saturated rings. The summed E-state index contributed by atoms with van der Waals surface area (Å²) in [4.78, 5) is 0. The Morgan fingerprint density at radius 3 is 2.47 bits per heavy atom. The summed E-state index contributed by atoms with van der Waals surface area (Å²) in [6, 6.07) is 12.8. The van der Waals surface area contributed by atoms with E-state index in [1.807, 2.05) is 0 Å². The third-order valence-electron chi connectivity index (χ3n) is 3.30. The maximum absolute atomic E-state index is 6.44. The monoisotopic (exact) mass is 273 g/mol. The van der Waals surface area contributed by atoms with Crippen molar-refractivity contribution in [3.8, 4) is 11.1 Å². The Hall–Kier alpha value is -1.31. The van der Waals surface area contributed by atoms with Crippen LogP contribution in [0, 0.1) is 13.8 Å². The van der Waals surface area contributed by atoms with Crippen molar-refractivity contribution in [1.82, 2.24) is 5.32 Å². The maximum atomic E-state index is 6.44. The van der Waals surface area contributed by atoms with Crippen LogP contribution in [0.25, 0.3) is 11.1 Å². The average Bonchev–Trinajstić information content (AvgIpc) is 2.40. The number of hydrogen-bond acceptors (Lipinski definition) is 1. The zero-order chi connectivity index (χ0) is 13.8. The van der Waals surface area contributed by atoms with Gasteiger partial charge >= 0.3 is 0 Å². The average molecular weight is 274 g/mol. The van der Waals surface area contributed by atoms with E-state index in [1.54, 1.807) is 0 Å². The Labute approximate surface area is 120 Å². The van der Waals surface area contributed by atoms with Crippen molar-refractivity contribution >= 4 is 11.6 Å². The molecule has 2 heteroatoms. The largest absolute Gasteiger partial charge is 0.313 e.